The molecule has 0 unspecified atom stereocenters. The van der Waals surface area contributed by atoms with Crippen molar-refractivity contribution in [3.05, 3.63) is 78.1 Å². The molecule has 28 heavy (non-hydrogen) atoms. The van der Waals surface area contributed by atoms with Gasteiger partial charge in [0.05, 0.1) is 12.8 Å². The van der Waals surface area contributed by atoms with E-state index < -0.39 is 0 Å². The Morgan fingerprint density at radius 1 is 0.964 bits per heavy atom. The van der Waals surface area contributed by atoms with Gasteiger partial charge >= 0.3 is 0 Å². The van der Waals surface area contributed by atoms with E-state index in [1.807, 2.05) is 19.3 Å². The lowest BCUT2D eigenvalue weighted by Crippen LogP contribution is -1.97. The first-order valence-electron chi connectivity index (χ1n) is 9.46. The van der Waals surface area contributed by atoms with Crippen molar-refractivity contribution in [2.24, 2.45) is 0 Å². The molecule has 0 saturated carbocycles. The third-order valence-electron chi connectivity index (χ3n) is 4.76. The quantitative estimate of drug-likeness (QED) is 0.392. The number of aromatic nitrogens is 3. The molecule has 4 rings (SSSR count). The first-order valence-corrected chi connectivity index (χ1v) is 9.46. The minimum atomic E-state index is 0.629. The van der Waals surface area contributed by atoms with Crippen LogP contribution < -0.4 is 5.32 Å². The maximum atomic E-state index is 5.52. The van der Waals surface area contributed by atoms with Crippen LogP contribution in [0, 0.1) is 6.92 Å². The van der Waals surface area contributed by atoms with Crippen LogP contribution in [0.4, 0.5) is 11.5 Å². The normalized spacial score (nSPS) is 10.9. The lowest BCUT2D eigenvalue weighted by molar-refractivity contribution is 0.134. The Kier molecular flexibility index (Phi) is 5.26. The largest absolute Gasteiger partial charge is 0.377 e. The second-order valence-corrected chi connectivity index (χ2v) is 6.76. The summed E-state index contributed by atoms with van der Waals surface area (Å²) in [5.74, 6) is 0.963. The number of hydrogen-bond donors (Lipinski definition) is 3. The molecule has 2 aromatic heterocycles. The summed E-state index contributed by atoms with van der Waals surface area (Å²) < 4.78 is 5.52. The van der Waals surface area contributed by atoms with Crippen LogP contribution in [0.1, 0.15) is 18.1 Å². The predicted octanol–water partition coefficient (Wildman–Crippen LogP) is 5.66. The summed E-state index contributed by atoms with van der Waals surface area (Å²) in [4.78, 5) is 3.46. The highest BCUT2D eigenvalue weighted by atomic mass is 16.5. The van der Waals surface area contributed by atoms with Crippen molar-refractivity contribution in [1.82, 2.24) is 15.2 Å². The number of nitrogens with one attached hydrogen (secondary N) is 3. The van der Waals surface area contributed by atoms with Gasteiger partial charge in [-0.15, -0.1) is 0 Å². The molecule has 142 valence electrons. The maximum Gasteiger partial charge on any atom is 0.108 e. The van der Waals surface area contributed by atoms with E-state index >= 15 is 0 Å². The molecule has 0 atom stereocenters. The molecule has 0 saturated heterocycles. The Morgan fingerprint density at radius 2 is 1.79 bits per heavy atom. The molecular formula is C23H24N4O. The van der Waals surface area contributed by atoms with Crippen LogP contribution >= 0.6 is 0 Å². The summed E-state index contributed by atoms with van der Waals surface area (Å²) in [5, 5.41) is 10.3. The van der Waals surface area contributed by atoms with Crippen LogP contribution in [0.5, 0.6) is 0 Å². The van der Waals surface area contributed by atoms with E-state index in [2.05, 4.69) is 82.0 Å². The van der Waals surface area contributed by atoms with E-state index in [4.69, 9.17) is 4.74 Å². The lowest BCUT2D eigenvalue weighted by Gasteiger charge is -2.11. The number of rotatable bonds is 7. The van der Waals surface area contributed by atoms with E-state index in [0.717, 1.165) is 46.1 Å². The van der Waals surface area contributed by atoms with Gasteiger partial charge in [0.25, 0.3) is 0 Å². The molecule has 2 aromatic carbocycles. The molecule has 2 heterocycles. The Hall–Kier alpha value is -3.31. The van der Waals surface area contributed by atoms with Crippen molar-refractivity contribution in [3.63, 3.8) is 0 Å². The van der Waals surface area contributed by atoms with Crippen LogP contribution in [0.3, 0.4) is 0 Å². The Balaban J connectivity index is 1.50. The number of nitrogens with zero attached hydrogens (tertiary/aromatic N) is 1. The maximum absolute atomic E-state index is 5.52. The van der Waals surface area contributed by atoms with E-state index in [1.165, 1.54) is 5.56 Å². The second kappa shape index (κ2) is 8.15. The van der Waals surface area contributed by atoms with Crippen molar-refractivity contribution in [2.45, 2.75) is 20.5 Å². The molecule has 5 heteroatoms. The molecule has 0 aliphatic heterocycles. The average Bonchev–Trinajstić information content (AvgIpc) is 3.41. The molecule has 0 radical (unpaired) electrons. The topological polar surface area (TPSA) is 65.7 Å². The summed E-state index contributed by atoms with van der Waals surface area (Å²) in [5.41, 5.74) is 7.89. The molecular weight excluding hydrogens is 348 g/mol. The van der Waals surface area contributed by atoms with Crippen molar-refractivity contribution in [1.29, 1.82) is 0 Å². The summed E-state index contributed by atoms with van der Waals surface area (Å²) in [7, 11) is 0. The Labute approximate surface area is 164 Å². The molecule has 3 N–H and O–H groups in total. The highest BCUT2D eigenvalue weighted by Crippen LogP contribution is 2.27. The van der Waals surface area contributed by atoms with Gasteiger partial charge in [0, 0.05) is 29.7 Å². The van der Waals surface area contributed by atoms with Gasteiger partial charge in [-0.05, 0) is 54.3 Å². The molecule has 0 aliphatic rings. The minimum Gasteiger partial charge on any atom is -0.377 e. The van der Waals surface area contributed by atoms with Gasteiger partial charge in [0.2, 0.25) is 0 Å². The monoisotopic (exact) mass is 372 g/mol. The average molecular weight is 372 g/mol. The number of aromatic amines is 2. The second-order valence-electron chi connectivity index (χ2n) is 6.76. The predicted molar refractivity (Wildman–Crippen MR) is 114 cm³/mol. The number of hydrogen-bond acceptors (Lipinski definition) is 3. The number of anilines is 2. The number of H-pyrrole nitrogens is 2. The summed E-state index contributed by atoms with van der Waals surface area (Å²) in [6.45, 7) is 5.46. The SMILES string of the molecule is CCOCc1ccc(C)c(Nc2ccc(-c3ccc(-c4cn[nH]c4)cc3)[nH]2)c1. The Bertz CT molecular complexity index is 1030. The van der Waals surface area contributed by atoms with Gasteiger partial charge in [0.1, 0.15) is 5.82 Å². The number of ether oxygens (including phenoxy) is 1. The smallest absolute Gasteiger partial charge is 0.108 e. The molecule has 0 bridgehead atoms. The highest BCUT2D eigenvalue weighted by molar-refractivity contribution is 5.71. The first-order chi connectivity index (χ1) is 13.7. The van der Waals surface area contributed by atoms with Crippen molar-refractivity contribution in [2.75, 3.05) is 11.9 Å². The minimum absolute atomic E-state index is 0.629. The van der Waals surface area contributed by atoms with Crippen molar-refractivity contribution >= 4 is 11.5 Å². The third kappa shape index (κ3) is 4.00. The van der Waals surface area contributed by atoms with Gasteiger partial charge < -0.3 is 15.0 Å². The number of aryl methyl sites for hydroxylation is 1. The van der Waals surface area contributed by atoms with E-state index in [-0.39, 0.29) is 0 Å². The third-order valence-corrected chi connectivity index (χ3v) is 4.76. The van der Waals surface area contributed by atoms with Crippen LogP contribution in [0.25, 0.3) is 22.4 Å². The highest BCUT2D eigenvalue weighted by Gasteiger charge is 2.06. The zero-order chi connectivity index (χ0) is 19.3. The zero-order valence-electron chi connectivity index (χ0n) is 16.1. The fourth-order valence-corrected chi connectivity index (χ4v) is 3.15. The van der Waals surface area contributed by atoms with Crippen LogP contribution in [-0.2, 0) is 11.3 Å². The van der Waals surface area contributed by atoms with Crippen molar-refractivity contribution < 1.29 is 4.74 Å². The number of benzene rings is 2. The lowest BCUT2D eigenvalue weighted by atomic mass is 10.1. The first kappa shape index (κ1) is 18.1. The van der Waals surface area contributed by atoms with E-state index in [9.17, 15) is 0 Å². The van der Waals surface area contributed by atoms with Crippen LogP contribution in [0.2, 0.25) is 0 Å². The summed E-state index contributed by atoms with van der Waals surface area (Å²) in [6.07, 6.45) is 3.72. The summed E-state index contributed by atoms with van der Waals surface area (Å²) in [6, 6.07) is 19.0. The van der Waals surface area contributed by atoms with Crippen molar-refractivity contribution in [3.8, 4) is 22.4 Å². The van der Waals surface area contributed by atoms with Crippen LogP contribution in [0.15, 0.2) is 67.0 Å². The van der Waals surface area contributed by atoms with Gasteiger partial charge in [-0.25, -0.2) is 0 Å². The molecule has 0 amide bonds. The molecule has 0 spiro atoms. The van der Waals surface area contributed by atoms with Crippen LogP contribution in [-0.4, -0.2) is 21.8 Å². The fraction of sp³-hybridized carbons (Fsp3) is 0.174. The van der Waals surface area contributed by atoms with Gasteiger partial charge in [-0.2, -0.15) is 5.10 Å². The summed E-state index contributed by atoms with van der Waals surface area (Å²) >= 11 is 0. The molecule has 4 aromatic rings. The molecule has 5 nitrogen and oxygen atoms in total. The fourth-order valence-electron chi connectivity index (χ4n) is 3.15. The Morgan fingerprint density at radius 3 is 2.54 bits per heavy atom. The van der Waals surface area contributed by atoms with Gasteiger partial charge in [-0.1, -0.05) is 36.4 Å². The van der Waals surface area contributed by atoms with Gasteiger partial charge in [0.15, 0.2) is 0 Å². The molecule has 0 aliphatic carbocycles. The molecule has 0 fully saturated rings. The zero-order valence-corrected chi connectivity index (χ0v) is 16.1. The standard InChI is InChI=1S/C23H24N4O/c1-3-28-15-17-5-4-16(2)22(12-17)27-23-11-10-21(26-23)19-8-6-18(7-9-19)20-13-24-25-14-20/h4-14,26-27H,3,15H2,1-2H3,(H,24,25). The van der Waals surface area contributed by atoms with E-state index in [0.29, 0.717) is 6.61 Å². The van der Waals surface area contributed by atoms with Gasteiger partial charge in [-0.3, -0.25) is 5.10 Å². The van der Waals surface area contributed by atoms with E-state index in [1.54, 1.807) is 0 Å².